The lowest BCUT2D eigenvalue weighted by atomic mass is 10.1. The van der Waals surface area contributed by atoms with E-state index in [9.17, 15) is 4.79 Å². The van der Waals surface area contributed by atoms with E-state index in [2.05, 4.69) is 15.2 Å². The first-order chi connectivity index (χ1) is 8.31. The van der Waals surface area contributed by atoms with Crippen LogP contribution in [0, 0.1) is 0 Å². The molecule has 2 N–H and O–H groups in total. The Kier molecular flexibility index (Phi) is 2.11. The lowest BCUT2D eigenvalue weighted by Gasteiger charge is -1.99. The first kappa shape index (κ1) is 9.89. The Bertz CT molecular complexity index is 696. The molecule has 1 aromatic carbocycles. The number of carbonyl (C=O) groups excluding carboxylic acids is 1. The van der Waals surface area contributed by atoms with Gasteiger partial charge in [-0.15, -0.1) is 0 Å². The van der Waals surface area contributed by atoms with Crippen molar-refractivity contribution in [3.05, 3.63) is 30.1 Å². The van der Waals surface area contributed by atoms with Crippen LogP contribution in [0.5, 0.6) is 0 Å². The number of benzene rings is 1. The average Bonchev–Trinajstić information content (AvgIpc) is 2.94. The van der Waals surface area contributed by atoms with Crippen LogP contribution in [0.4, 0.5) is 0 Å². The molecule has 0 radical (unpaired) electrons. The zero-order chi connectivity index (χ0) is 11.8. The third kappa shape index (κ3) is 1.39. The second kappa shape index (κ2) is 3.62. The number of aromatic nitrogens is 3. The quantitative estimate of drug-likeness (QED) is 0.662. The SMILES string of the molecule is CCOC(=O)c1[nH][nH]c2ccc3nccc3c12. The van der Waals surface area contributed by atoms with Gasteiger partial charge >= 0.3 is 5.97 Å². The standard InChI is InChI=1S/C12H11N3O2/c1-2-17-12(16)11-10-7-5-6-13-8(7)3-4-9(10)14-15-11/h3-6,14-15H,2H2,1H3. The normalized spacial score (nSPS) is 11.1. The number of H-pyrrole nitrogens is 2. The predicted molar refractivity (Wildman–Crippen MR) is 63.9 cm³/mol. The van der Waals surface area contributed by atoms with Crippen molar-refractivity contribution in [2.45, 2.75) is 6.92 Å². The molecular weight excluding hydrogens is 218 g/mol. The molecule has 0 atom stereocenters. The molecule has 0 aliphatic rings. The molecule has 0 unspecified atom stereocenters. The molecule has 5 heteroatoms. The number of rotatable bonds is 2. The molecule has 0 amide bonds. The van der Waals surface area contributed by atoms with Crippen LogP contribution in [0.2, 0.25) is 0 Å². The molecule has 0 saturated heterocycles. The lowest BCUT2D eigenvalue weighted by molar-refractivity contribution is 0.0522. The van der Waals surface area contributed by atoms with E-state index < -0.39 is 0 Å². The molecule has 0 fully saturated rings. The number of carbonyl (C=O) groups is 1. The highest BCUT2D eigenvalue weighted by Gasteiger charge is 2.16. The summed E-state index contributed by atoms with van der Waals surface area (Å²) in [4.78, 5) is 16.0. The summed E-state index contributed by atoms with van der Waals surface area (Å²) in [6.45, 7) is 2.14. The molecule has 0 bridgehead atoms. The van der Waals surface area contributed by atoms with Crippen LogP contribution in [0.25, 0.3) is 21.8 Å². The summed E-state index contributed by atoms with van der Waals surface area (Å²) in [6, 6.07) is 5.70. The van der Waals surface area contributed by atoms with Crippen LogP contribution in [-0.4, -0.2) is 27.8 Å². The van der Waals surface area contributed by atoms with Gasteiger partial charge < -0.3 is 4.74 Å². The van der Waals surface area contributed by atoms with Crippen molar-refractivity contribution in [3.8, 4) is 0 Å². The minimum Gasteiger partial charge on any atom is -0.461 e. The molecule has 0 spiro atoms. The Morgan fingerprint density at radius 2 is 2.24 bits per heavy atom. The van der Waals surface area contributed by atoms with Crippen molar-refractivity contribution in [1.82, 2.24) is 15.2 Å². The zero-order valence-corrected chi connectivity index (χ0v) is 9.28. The van der Waals surface area contributed by atoms with E-state index in [1.165, 1.54) is 0 Å². The summed E-state index contributed by atoms with van der Waals surface area (Å²) < 4.78 is 5.01. The van der Waals surface area contributed by atoms with E-state index in [0.29, 0.717) is 12.3 Å². The van der Waals surface area contributed by atoms with Gasteiger partial charge in [0, 0.05) is 17.0 Å². The number of hydrogen-bond acceptors (Lipinski definition) is 3. The first-order valence-electron chi connectivity index (χ1n) is 5.42. The topological polar surface area (TPSA) is 70.8 Å². The van der Waals surface area contributed by atoms with Crippen LogP contribution < -0.4 is 0 Å². The van der Waals surface area contributed by atoms with Gasteiger partial charge in [-0.3, -0.25) is 15.2 Å². The molecule has 17 heavy (non-hydrogen) atoms. The van der Waals surface area contributed by atoms with Gasteiger partial charge in [-0.05, 0) is 25.1 Å². The summed E-state index contributed by atoms with van der Waals surface area (Å²) >= 11 is 0. The number of esters is 1. The fourth-order valence-corrected chi connectivity index (χ4v) is 2.00. The Balaban J connectivity index is 2.31. The monoisotopic (exact) mass is 229 g/mol. The second-order valence-electron chi connectivity index (χ2n) is 3.71. The smallest absolute Gasteiger partial charge is 0.356 e. The van der Waals surface area contributed by atoms with Crippen LogP contribution in [0.15, 0.2) is 24.4 Å². The van der Waals surface area contributed by atoms with E-state index in [1.54, 1.807) is 13.1 Å². The van der Waals surface area contributed by atoms with E-state index in [4.69, 9.17) is 4.74 Å². The molecule has 2 aromatic heterocycles. The minimum absolute atomic E-state index is 0.354. The van der Waals surface area contributed by atoms with Crippen molar-refractivity contribution in [1.29, 1.82) is 0 Å². The van der Waals surface area contributed by atoms with Gasteiger partial charge in [0.2, 0.25) is 0 Å². The van der Waals surface area contributed by atoms with Gasteiger partial charge in [0.05, 0.1) is 17.6 Å². The summed E-state index contributed by atoms with van der Waals surface area (Å²) in [5.41, 5.74) is 2.19. The summed E-state index contributed by atoms with van der Waals surface area (Å²) in [7, 11) is 0. The van der Waals surface area contributed by atoms with Crippen molar-refractivity contribution in [3.63, 3.8) is 0 Å². The third-order valence-electron chi connectivity index (χ3n) is 2.73. The highest BCUT2D eigenvalue weighted by atomic mass is 16.5. The van der Waals surface area contributed by atoms with E-state index in [1.807, 2.05) is 18.2 Å². The van der Waals surface area contributed by atoms with Crippen LogP contribution in [0.1, 0.15) is 17.4 Å². The zero-order valence-electron chi connectivity index (χ0n) is 9.28. The van der Waals surface area contributed by atoms with Gasteiger partial charge in [-0.2, -0.15) is 0 Å². The largest absolute Gasteiger partial charge is 0.461 e. The summed E-state index contributed by atoms with van der Waals surface area (Å²) in [6.07, 6.45) is 1.73. The summed E-state index contributed by atoms with van der Waals surface area (Å²) in [5.74, 6) is -0.354. The molecule has 5 nitrogen and oxygen atoms in total. The highest BCUT2D eigenvalue weighted by Crippen LogP contribution is 2.26. The number of aromatic amines is 2. The molecule has 86 valence electrons. The van der Waals surface area contributed by atoms with Gasteiger partial charge in [0.1, 0.15) is 5.69 Å². The fourth-order valence-electron chi connectivity index (χ4n) is 2.00. The minimum atomic E-state index is -0.354. The maximum absolute atomic E-state index is 11.8. The van der Waals surface area contributed by atoms with E-state index in [0.717, 1.165) is 21.8 Å². The molecular formula is C12H11N3O2. The molecule has 3 aromatic rings. The van der Waals surface area contributed by atoms with Gasteiger partial charge in [-0.1, -0.05) is 0 Å². The lowest BCUT2D eigenvalue weighted by Crippen LogP contribution is -2.05. The van der Waals surface area contributed by atoms with Crippen LogP contribution in [0.3, 0.4) is 0 Å². The van der Waals surface area contributed by atoms with Crippen molar-refractivity contribution in [2.75, 3.05) is 6.61 Å². The number of fused-ring (bicyclic) bond motifs is 3. The molecule has 0 saturated carbocycles. The van der Waals surface area contributed by atoms with Crippen LogP contribution >= 0.6 is 0 Å². The number of hydrogen-bond donors (Lipinski definition) is 2. The molecule has 3 rings (SSSR count). The van der Waals surface area contributed by atoms with Crippen molar-refractivity contribution in [2.24, 2.45) is 0 Å². The Morgan fingerprint density at radius 1 is 1.35 bits per heavy atom. The number of ether oxygens (including phenoxy) is 1. The Hall–Kier alpha value is -2.30. The van der Waals surface area contributed by atoms with Gasteiger partial charge in [-0.25, -0.2) is 4.79 Å². The third-order valence-corrected chi connectivity index (χ3v) is 2.73. The molecule has 0 aliphatic carbocycles. The number of nitrogens with one attached hydrogen (secondary N) is 2. The predicted octanol–water partition coefficient (Wildman–Crippen LogP) is 2.22. The van der Waals surface area contributed by atoms with E-state index >= 15 is 0 Å². The Morgan fingerprint density at radius 3 is 3.06 bits per heavy atom. The summed E-state index contributed by atoms with van der Waals surface area (Å²) in [5, 5.41) is 7.59. The Labute approximate surface area is 96.8 Å². The molecule has 0 aliphatic heterocycles. The van der Waals surface area contributed by atoms with Crippen molar-refractivity contribution >= 4 is 27.8 Å². The van der Waals surface area contributed by atoms with Crippen LogP contribution in [-0.2, 0) is 4.74 Å². The highest BCUT2D eigenvalue weighted by molar-refractivity contribution is 6.14. The van der Waals surface area contributed by atoms with Crippen molar-refractivity contribution < 1.29 is 9.53 Å². The average molecular weight is 229 g/mol. The maximum atomic E-state index is 11.8. The fraction of sp³-hybridized carbons (Fsp3) is 0.167. The number of nitrogens with zero attached hydrogens (tertiary/aromatic N) is 1. The maximum Gasteiger partial charge on any atom is 0.356 e. The van der Waals surface area contributed by atoms with E-state index in [-0.39, 0.29) is 5.97 Å². The molecule has 2 heterocycles. The first-order valence-corrected chi connectivity index (χ1v) is 5.42. The second-order valence-corrected chi connectivity index (χ2v) is 3.71. The van der Waals surface area contributed by atoms with Gasteiger partial charge in [0.15, 0.2) is 0 Å². The van der Waals surface area contributed by atoms with Gasteiger partial charge in [0.25, 0.3) is 0 Å².